The third-order valence-corrected chi connectivity index (χ3v) is 6.87. The Bertz CT molecular complexity index is 402. The molecule has 0 fully saturated rings. The molecule has 0 radical (unpaired) electrons. The van der Waals surface area contributed by atoms with Crippen molar-refractivity contribution in [2.24, 2.45) is 0 Å². The molecule has 0 aliphatic carbocycles. The average molecular weight is 470 g/mol. The number of hydrogen-bond donors (Lipinski definition) is 3. The molecule has 2 unspecified atom stereocenters. The van der Waals surface area contributed by atoms with E-state index in [-0.39, 0.29) is 12.5 Å². The first-order valence-corrected chi connectivity index (χ1v) is 14.7. The van der Waals surface area contributed by atoms with Gasteiger partial charge in [-0.2, -0.15) is 0 Å². The van der Waals surface area contributed by atoms with E-state index >= 15 is 0 Å². The van der Waals surface area contributed by atoms with Crippen LogP contribution in [-0.2, 0) is 4.79 Å². The van der Waals surface area contributed by atoms with Crippen LogP contribution in [0.4, 0.5) is 0 Å². The first kappa shape index (κ1) is 32.4. The van der Waals surface area contributed by atoms with Gasteiger partial charge < -0.3 is 15.5 Å². The Balaban J connectivity index is 3.56. The molecule has 0 aromatic rings. The number of aliphatic hydroxyl groups is 2. The van der Waals surface area contributed by atoms with Gasteiger partial charge in [-0.3, -0.25) is 4.79 Å². The van der Waals surface area contributed by atoms with Gasteiger partial charge in [0.15, 0.2) is 0 Å². The van der Waals surface area contributed by atoms with Gasteiger partial charge in [0.1, 0.15) is 0 Å². The topological polar surface area (TPSA) is 69.6 Å². The standard InChI is InChI=1S/C29H59NO3/c1-3-5-7-9-11-12-13-14-15-16-17-19-20-22-24-28(32)27(26-31)30-29(33)25-23-21-18-10-8-6-4-2/h27-28,31-32H,3-26H2,1-2H3,(H,30,33). The number of unbranched alkanes of at least 4 members (excludes halogenated alkanes) is 19. The predicted molar refractivity (Wildman–Crippen MR) is 143 cm³/mol. The van der Waals surface area contributed by atoms with E-state index in [0.717, 1.165) is 25.7 Å². The van der Waals surface area contributed by atoms with E-state index in [1.807, 2.05) is 0 Å². The molecule has 2 atom stereocenters. The van der Waals surface area contributed by atoms with Gasteiger partial charge >= 0.3 is 0 Å². The minimum atomic E-state index is -0.648. The third-order valence-electron chi connectivity index (χ3n) is 6.87. The molecule has 33 heavy (non-hydrogen) atoms. The second-order valence-electron chi connectivity index (χ2n) is 10.2. The summed E-state index contributed by atoms with van der Waals surface area (Å²) in [5, 5.41) is 22.8. The van der Waals surface area contributed by atoms with Crippen molar-refractivity contribution in [2.45, 2.75) is 174 Å². The summed E-state index contributed by atoms with van der Waals surface area (Å²) in [5.74, 6) is -0.0392. The lowest BCUT2D eigenvalue weighted by Crippen LogP contribution is -2.45. The van der Waals surface area contributed by atoms with Crippen LogP contribution >= 0.6 is 0 Å². The van der Waals surface area contributed by atoms with Crippen molar-refractivity contribution in [3.63, 3.8) is 0 Å². The van der Waals surface area contributed by atoms with E-state index in [4.69, 9.17) is 0 Å². The van der Waals surface area contributed by atoms with Gasteiger partial charge in [0.2, 0.25) is 5.91 Å². The molecule has 1 amide bonds. The SMILES string of the molecule is CCCCCCCCCCCCCCCCC(O)C(CO)NC(=O)CCCCCCCCC. The fourth-order valence-corrected chi connectivity index (χ4v) is 4.53. The summed E-state index contributed by atoms with van der Waals surface area (Å²) in [6.45, 7) is 4.30. The molecule has 0 aromatic carbocycles. The Morgan fingerprint density at radius 3 is 1.36 bits per heavy atom. The molecule has 4 heteroatoms. The lowest BCUT2D eigenvalue weighted by Gasteiger charge is -2.22. The Hall–Kier alpha value is -0.610. The van der Waals surface area contributed by atoms with Gasteiger partial charge in [-0.25, -0.2) is 0 Å². The average Bonchev–Trinajstić information content (AvgIpc) is 2.82. The van der Waals surface area contributed by atoms with E-state index in [0.29, 0.717) is 12.8 Å². The van der Waals surface area contributed by atoms with Gasteiger partial charge in [-0.15, -0.1) is 0 Å². The number of hydrogen-bond acceptors (Lipinski definition) is 3. The highest BCUT2D eigenvalue weighted by Gasteiger charge is 2.19. The number of amides is 1. The molecule has 0 aliphatic heterocycles. The van der Waals surface area contributed by atoms with E-state index < -0.39 is 12.1 Å². The summed E-state index contributed by atoms with van der Waals surface area (Å²) in [7, 11) is 0. The first-order valence-electron chi connectivity index (χ1n) is 14.7. The summed E-state index contributed by atoms with van der Waals surface area (Å²) >= 11 is 0. The molecular formula is C29H59NO3. The Labute approximate surface area is 206 Å². The summed E-state index contributed by atoms with van der Waals surface area (Å²) < 4.78 is 0. The molecule has 198 valence electrons. The molecule has 0 heterocycles. The Morgan fingerprint density at radius 2 is 0.970 bits per heavy atom. The normalized spacial score (nSPS) is 13.2. The van der Waals surface area contributed by atoms with Crippen LogP contribution in [-0.4, -0.2) is 34.9 Å². The monoisotopic (exact) mass is 469 g/mol. The van der Waals surface area contributed by atoms with Crippen molar-refractivity contribution < 1.29 is 15.0 Å². The Kier molecular flexibility index (Phi) is 25.5. The maximum absolute atomic E-state index is 12.1. The number of carbonyl (C=O) groups is 1. The number of aliphatic hydroxyl groups excluding tert-OH is 2. The van der Waals surface area contributed by atoms with Gasteiger partial charge in [0.05, 0.1) is 18.8 Å². The molecule has 4 nitrogen and oxygen atoms in total. The van der Waals surface area contributed by atoms with Crippen molar-refractivity contribution in [2.75, 3.05) is 6.61 Å². The van der Waals surface area contributed by atoms with Gasteiger partial charge in [0.25, 0.3) is 0 Å². The van der Waals surface area contributed by atoms with Crippen LogP contribution in [0.5, 0.6) is 0 Å². The smallest absolute Gasteiger partial charge is 0.220 e. The lowest BCUT2D eigenvalue weighted by molar-refractivity contribution is -0.123. The van der Waals surface area contributed by atoms with Crippen molar-refractivity contribution >= 4 is 5.91 Å². The van der Waals surface area contributed by atoms with Crippen LogP contribution in [0.25, 0.3) is 0 Å². The van der Waals surface area contributed by atoms with Crippen LogP contribution in [0.1, 0.15) is 162 Å². The van der Waals surface area contributed by atoms with Crippen LogP contribution < -0.4 is 5.32 Å². The summed E-state index contributed by atoms with van der Waals surface area (Å²) in [6, 6.07) is -0.524. The zero-order valence-electron chi connectivity index (χ0n) is 22.4. The van der Waals surface area contributed by atoms with Crippen molar-refractivity contribution in [1.29, 1.82) is 0 Å². The fraction of sp³-hybridized carbons (Fsp3) is 0.966. The van der Waals surface area contributed by atoms with Crippen molar-refractivity contribution in [3.05, 3.63) is 0 Å². The quantitative estimate of drug-likeness (QED) is 0.113. The second-order valence-corrected chi connectivity index (χ2v) is 10.2. The van der Waals surface area contributed by atoms with E-state index in [2.05, 4.69) is 19.2 Å². The van der Waals surface area contributed by atoms with Gasteiger partial charge in [0, 0.05) is 6.42 Å². The van der Waals surface area contributed by atoms with Crippen LogP contribution in [0.3, 0.4) is 0 Å². The summed E-state index contributed by atoms with van der Waals surface area (Å²) in [5.41, 5.74) is 0. The third kappa shape index (κ3) is 22.9. The largest absolute Gasteiger partial charge is 0.394 e. The van der Waals surface area contributed by atoms with Crippen LogP contribution in [0, 0.1) is 0 Å². The summed E-state index contributed by atoms with van der Waals surface area (Å²) in [6.07, 6.45) is 27.2. The Morgan fingerprint density at radius 1 is 0.606 bits per heavy atom. The molecule has 0 rings (SSSR count). The maximum Gasteiger partial charge on any atom is 0.220 e. The second kappa shape index (κ2) is 26.0. The summed E-state index contributed by atoms with van der Waals surface area (Å²) in [4.78, 5) is 12.1. The van der Waals surface area contributed by atoms with E-state index in [1.54, 1.807) is 0 Å². The minimum Gasteiger partial charge on any atom is -0.394 e. The van der Waals surface area contributed by atoms with Crippen molar-refractivity contribution in [3.8, 4) is 0 Å². The molecule has 0 aliphatic rings. The highest BCUT2D eigenvalue weighted by molar-refractivity contribution is 5.76. The van der Waals surface area contributed by atoms with Gasteiger partial charge in [-0.05, 0) is 12.8 Å². The fourth-order valence-electron chi connectivity index (χ4n) is 4.53. The number of nitrogens with one attached hydrogen (secondary N) is 1. The van der Waals surface area contributed by atoms with E-state index in [9.17, 15) is 15.0 Å². The highest BCUT2D eigenvalue weighted by atomic mass is 16.3. The predicted octanol–water partition coefficient (Wildman–Crippen LogP) is 7.84. The van der Waals surface area contributed by atoms with Crippen LogP contribution in [0.2, 0.25) is 0 Å². The molecule has 0 spiro atoms. The number of carbonyl (C=O) groups excluding carboxylic acids is 1. The van der Waals surface area contributed by atoms with E-state index in [1.165, 1.54) is 109 Å². The minimum absolute atomic E-state index is 0.0392. The zero-order valence-corrected chi connectivity index (χ0v) is 22.4. The number of rotatable bonds is 26. The lowest BCUT2D eigenvalue weighted by atomic mass is 10.0. The molecule has 0 saturated heterocycles. The molecular weight excluding hydrogens is 410 g/mol. The molecule has 3 N–H and O–H groups in total. The first-order chi connectivity index (χ1) is 16.2. The molecule has 0 saturated carbocycles. The highest BCUT2D eigenvalue weighted by Crippen LogP contribution is 2.14. The van der Waals surface area contributed by atoms with Gasteiger partial charge in [-0.1, -0.05) is 142 Å². The van der Waals surface area contributed by atoms with Crippen molar-refractivity contribution in [1.82, 2.24) is 5.32 Å². The zero-order chi connectivity index (χ0) is 24.4. The van der Waals surface area contributed by atoms with Crippen LogP contribution in [0.15, 0.2) is 0 Å². The molecule has 0 aromatic heterocycles. The molecule has 0 bridgehead atoms. The maximum atomic E-state index is 12.1.